The van der Waals surface area contributed by atoms with E-state index in [1.807, 2.05) is 20.8 Å². The van der Waals surface area contributed by atoms with Gasteiger partial charge >= 0.3 is 0 Å². The quantitative estimate of drug-likeness (QED) is 0.675. The Balaban J connectivity index is 0.000000921. The van der Waals surface area contributed by atoms with Crippen LogP contribution in [0.3, 0.4) is 0 Å². The molecule has 1 rings (SSSR count). The van der Waals surface area contributed by atoms with Gasteiger partial charge in [0.25, 0.3) is 0 Å². The third-order valence-electron chi connectivity index (χ3n) is 2.40. The zero-order chi connectivity index (χ0) is 12.0. The Bertz CT molecular complexity index is 224. The molecule has 88 valence electrons. The van der Waals surface area contributed by atoms with Crippen molar-refractivity contribution in [1.82, 2.24) is 4.90 Å². The highest BCUT2D eigenvalue weighted by Crippen LogP contribution is 2.19. The lowest BCUT2D eigenvalue weighted by atomic mass is 10.1. The monoisotopic (exact) mass is 213 g/mol. The molecule has 0 aliphatic carbocycles. The molecule has 1 aliphatic rings. The molecule has 3 heteroatoms. The molecule has 0 saturated carbocycles. The molecular weight excluding hydrogens is 190 g/mol. The van der Waals surface area contributed by atoms with Gasteiger partial charge in [-0.2, -0.15) is 0 Å². The molecule has 15 heavy (non-hydrogen) atoms. The average molecular weight is 213 g/mol. The summed E-state index contributed by atoms with van der Waals surface area (Å²) in [5.74, 6) is 0.444. The zero-order valence-electron chi connectivity index (χ0n) is 10.5. The molecule has 1 atom stereocenters. The summed E-state index contributed by atoms with van der Waals surface area (Å²) < 4.78 is 0. The highest BCUT2D eigenvalue weighted by atomic mass is 16.2. The van der Waals surface area contributed by atoms with E-state index in [1.54, 1.807) is 0 Å². The largest absolute Gasteiger partial charge is 0.282 e. The number of likely N-dealkylation sites (tertiary alicyclic amines) is 1. The number of amides is 2. The van der Waals surface area contributed by atoms with Crippen molar-refractivity contribution in [3.8, 4) is 0 Å². The van der Waals surface area contributed by atoms with Gasteiger partial charge in [-0.1, -0.05) is 34.6 Å². The number of hydrogen-bond donors (Lipinski definition) is 0. The highest BCUT2D eigenvalue weighted by molar-refractivity contribution is 6.03. The second-order valence-corrected chi connectivity index (χ2v) is 4.17. The minimum atomic E-state index is -0.0975. The molecule has 2 amide bonds. The van der Waals surface area contributed by atoms with Crippen LogP contribution in [0, 0.1) is 11.8 Å². The molecule has 1 heterocycles. The van der Waals surface area contributed by atoms with Crippen LogP contribution in [0.15, 0.2) is 0 Å². The molecule has 0 N–H and O–H groups in total. The Hall–Kier alpha value is -0.860. The van der Waals surface area contributed by atoms with Gasteiger partial charge in [0.15, 0.2) is 0 Å². The van der Waals surface area contributed by atoms with Gasteiger partial charge in [0.05, 0.1) is 0 Å². The fourth-order valence-corrected chi connectivity index (χ4v) is 1.47. The molecule has 1 saturated heterocycles. The lowest BCUT2D eigenvalue weighted by molar-refractivity contribution is -0.139. The molecule has 1 fully saturated rings. The molecule has 0 aromatic rings. The van der Waals surface area contributed by atoms with E-state index in [0.29, 0.717) is 18.9 Å². The summed E-state index contributed by atoms with van der Waals surface area (Å²) in [6.07, 6.45) is 1.31. The van der Waals surface area contributed by atoms with Gasteiger partial charge in [-0.05, 0) is 12.3 Å². The fourth-order valence-electron chi connectivity index (χ4n) is 1.47. The molecule has 0 aromatic carbocycles. The number of imide groups is 1. The number of carbonyl (C=O) groups excluding carboxylic acids is 2. The lowest BCUT2D eigenvalue weighted by Crippen LogP contribution is -2.31. The van der Waals surface area contributed by atoms with E-state index >= 15 is 0 Å². The Morgan fingerprint density at radius 3 is 2.20 bits per heavy atom. The maximum atomic E-state index is 11.4. The molecule has 3 nitrogen and oxygen atoms in total. The molecule has 1 unspecified atom stereocenters. The zero-order valence-corrected chi connectivity index (χ0v) is 10.5. The van der Waals surface area contributed by atoms with Crippen molar-refractivity contribution in [2.24, 2.45) is 11.8 Å². The second-order valence-electron chi connectivity index (χ2n) is 4.17. The Morgan fingerprint density at radius 1 is 1.33 bits per heavy atom. The highest BCUT2D eigenvalue weighted by Gasteiger charge is 2.34. The summed E-state index contributed by atoms with van der Waals surface area (Å²) in [6.45, 7) is 10.6. The summed E-state index contributed by atoms with van der Waals surface area (Å²) in [5.41, 5.74) is 0. The average Bonchev–Trinajstić information content (AvgIpc) is 2.42. The van der Waals surface area contributed by atoms with Crippen molar-refractivity contribution in [2.75, 3.05) is 6.54 Å². The SMILES string of the molecule is CC.CC(C)CCN1C(=O)CC(C)C1=O. The van der Waals surface area contributed by atoms with Crippen LogP contribution in [0.5, 0.6) is 0 Å². The van der Waals surface area contributed by atoms with Crippen LogP contribution in [0.25, 0.3) is 0 Å². The maximum absolute atomic E-state index is 11.4. The third-order valence-corrected chi connectivity index (χ3v) is 2.40. The first-order valence-electron chi connectivity index (χ1n) is 5.86. The standard InChI is InChI=1S/C10H17NO2.C2H6/c1-7(2)4-5-11-9(12)6-8(3)10(11)13;1-2/h7-8H,4-6H2,1-3H3;1-2H3. The van der Waals surface area contributed by atoms with E-state index in [-0.39, 0.29) is 17.7 Å². The predicted molar refractivity (Wildman–Crippen MR) is 61.3 cm³/mol. The third kappa shape index (κ3) is 4.02. The van der Waals surface area contributed by atoms with Crippen LogP contribution in [-0.4, -0.2) is 23.3 Å². The van der Waals surface area contributed by atoms with Gasteiger partial charge in [-0.3, -0.25) is 14.5 Å². The van der Waals surface area contributed by atoms with Crippen molar-refractivity contribution in [2.45, 2.75) is 47.5 Å². The van der Waals surface area contributed by atoms with E-state index in [2.05, 4.69) is 13.8 Å². The topological polar surface area (TPSA) is 37.4 Å². The molecule has 1 aliphatic heterocycles. The van der Waals surface area contributed by atoms with Crippen LogP contribution >= 0.6 is 0 Å². The summed E-state index contributed by atoms with van der Waals surface area (Å²) in [6, 6.07) is 0. The van der Waals surface area contributed by atoms with Crippen molar-refractivity contribution >= 4 is 11.8 Å². The second kappa shape index (κ2) is 6.59. The van der Waals surface area contributed by atoms with Crippen molar-refractivity contribution < 1.29 is 9.59 Å². The lowest BCUT2D eigenvalue weighted by Gasteiger charge is -2.15. The number of carbonyl (C=O) groups is 2. The van der Waals surface area contributed by atoms with Crippen LogP contribution < -0.4 is 0 Å². The molecule has 0 bridgehead atoms. The first-order valence-corrected chi connectivity index (χ1v) is 5.86. The van der Waals surface area contributed by atoms with Crippen molar-refractivity contribution in [3.05, 3.63) is 0 Å². The van der Waals surface area contributed by atoms with Crippen molar-refractivity contribution in [3.63, 3.8) is 0 Å². The number of nitrogens with zero attached hydrogens (tertiary/aromatic N) is 1. The van der Waals surface area contributed by atoms with Crippen molar-refractivity contribution in [1.29, 1.82) is 0 Å². The summed E-state index contributed by atoms with van der Waals surface area (Å²) in [5, 5.41) is 0. The Morgan fingerprint density at radius 2 is 1.87 bits per heavy atom. The van der Waals surface area contributed by atoms with Gasteiger partial charge in [-0.25, -0.2) is 0 Å². The minimum Gasteiger partial charge on any atom is -0.282 e. The van der Waals surface area contributed by atoms with Crippen LogP contribution in [0.4, 0.5) is 0 Å². The fraction of sp³-hybridized carbons (Fsp3) is 0.833. The number of hydrogen-bond acceptors (Lipinski definition) is 2. The first kappa shape index (κ1) is 14.1. The predicted octanol–water partition coefficient (Wildman–Crippen LogP) is 2.45. The normalized spacial score (nSPS) is 20.7. The van der Waals surface area contributed by atoms with Gasteiger partial charge in [0, 0.05) is 18.9 Å². The number of rotatable bonds is 3. The Kier molecular flexibility index (Phi) is 6.21. The summed E-state index contributed by atoms with van der Waals surface area (Å²) in [7, 11) is 0. The maximum Gasteiger partial charge on any atom is 0.232 e. The smallest absolute Gasteiger partial charge is 0.232 e. The van der Waals surface area contributed by atoms with Gasteiger partial charge < -0.3 is 0 Å². The molecule has 0 aromatic heterocycles. The van der Waals surface area contributed by atoms with E-state index < -0.39 is 0 Å². The van der Waals surface area contributed by atoms with Crippen LogP contribution in [-0.2, 0) is 9.59 Å². The molecule has 0 radical (unpaired) electrons. The first-order chi connectivity index (χ1) is 7.02. The van der Waals surface area contributed by atoms with Gasteiger partial charge in [-0.15, -0.1) is 0 Å². The van der Waals surface area contributed by atoms with E-state index in [4.69, 9.17) is 0 Å². The van der Waals surface area contributed by atoms with E-state index in [0.717, 1.165) is 6.42 Å². The molecule has 0 spiro atoms. The van der Waals surface area contributed by atoms with Crippen LogP contribution in [0.1, 0.15) is 47.5 Å². The van der Waals surface area contributed by atoms with Gasteiger partial charge in [0.1, 0.15) is 0 Å². The van der Waals surface area contributed by atoms with E-state index in [1.165, 1.54) is 4.90 Å². The minimum absolute atomic E-state index is 0.00171. The van der Waals surface area contributed by atoms with E-state index in [9.17, 15) is 9.59 Å². The van der Waals surface area contributed by atoms with Gasteiger partial charge in [0.2, 0.25) is 11.8 Å². The van der Waals surface area contributed by atoms with Crippen LogP contribution in [0.2, 0.25) is 0 Å². The summed E-state index contributed by atoms with van der Waals surface area (Å²) in [4.78, 5) is 24.2. The molecular formula is C12H23NO2. The Labute approximate surface area is 92.8 Å². The summed E-state index contributed by atoms with van der Waals surface area (Å²) >= 11 is 0.